The fourth-order valence-corrected chi connectivity index (χ4v) is 2.81. The predicted octanol–water partition coefficient (Wildman–Crippen LogP) is 2.95. The first kappa shape index (κ1) is 19.2. The minimum absolute atomic E-state index is 0.274. The summed E-state index contributed by atoms with van der Waals surface area (Å²) in [6.45, 7) is 7.60. The van der Waals surface area contributed by atoms with Crippen LogP contribution in [-0.4, -0.2) is 36.2 Å². The van der Waals surface area contributed by atoms with Crippen molar-refractivity contribution in [3.8, 4) is 0 Å². The highest BCUT2D eigenvalue weighted by Crippen LogP contribution is 2.26. The number of carbonyl (C=O) groups excluding carboxylic acids is 2. The fourth-order valence-electron chi connectivity index (χ4n) is 2.81. The average molecular weight is 345 g/mol. The number of benzene rings is 1. The molecule has 0 amide bonds. The molecule has 2 rings (SSSR count). The van der Waals surface area contributed by atoms with Crippen molar-refractivity contribution in [1.82, 2.24) is 5.32 Å². The van der Waals surface area contributed by atoms with Crippen molar-refractivity contribution in [3.63, 3.8) is 0 Å². The number of rotatable bonds is 5. The number of ether oxygens (including phenoxy) is 2. The Hall–Kier alpha value is -2.14. The van der Waals surface area contributed by atoms with Crippen molar-refractivity contribution in [2.75, 3.05) is 6.61 Å². The predicted molar refractivity (Wildman–Crippen MR) is 96.8 cm³/mol. The third kappa shape index (κ3) is 5.71. The van der Waals surface area contributed by atoms with Crippen LogP contribution in [0.1, 0.15) is 39.7 Å². The summed E-state index contributed by atoms with van der Waals surface area (Å²) >= 11 is 0. The molecule has 5 heteroatoms. The first-order chi connectivity index (χ1) is 11.8. The molecule has 1 aromatic rings. The van der Waals surface area contributed by atoms with E-state index in [9.17, 15) is 9.59 Å². The number of hydrogen-bond acceptors (Lipinski definition) is 5. The van der Waals surface area contributed by atoms with E-state index in [1.54, 1.807) is 6.92 Å². The Bertz CT molecular complexity index is 618. The van der Waals surface area contributed by atoms with E-state index in [1.807, 2.05) is 63.3 Å². The lowest BCUT2D eigenvalue weighted by Gasteiger charge is -2.23. The third-order valence-electron chi connectivity index (χ3n) is 3.89. The van der Waals surface area contributed by atoms with Crippen LogP contribution in [0.2, 0.25) is 0 Å². The van der Waals surface area contributed by atoms with Crippen molar-refractivity contribution >= 4 is 18.0 Å². The SMILES string of the molecule is CCOC(=O)[C@H]1C[C@@H](C(=O)OC(C)(C)C)[C@@H](/C=C/c2ccccc2)N1. The molecule has 0 unspecified atom stereocenters. The highest BCUT2D eigenvalue weighted by molar-refractivity contribution is 5.81. The standard InChI is InChI=1S/C20H27NO4/c1-5-24-19(23)17-13-15(18(22)25-20(2,3)4)16(21-17)12-11-14-9-7-6-8-10-14/h6-12,15-17,21H,5,13H2,1-4H3/b12-11+/t15-,16-,17-/m1/s1. The lowest BCUT2D eigenvalue weighted by molar-refractivity contribution is -0.159. The first-order valence-electron chi connectivity index (χ1n) is 8.69. The quantitative estimate of drug-likeness (QED) is 0.831. The summed E-state index contributed by atoms with van der Waals surface area (Å²) in [7, 11) is 0. The molecule has 1 aliphatic heterocycles. The number of hydrogen-bond donors (Lipinski definition) is 1. The molecule has 0 saturated carbocycles. The molecule has 25 heavy (non-hydrogen) atoms. The van der Waals surface area contributed by atoms with Crippen LogP contribution in [0, 0.1) is 5.92 Å². The highest BCUT2D eigenvalue weighted by atomic mass is 16.6. The van der Waals surface area contributed by atoms with E-state index in [0.717, 1.165) is 5.56 Å². The Balaban J connectivity index is 2.15. The molecule has 1 aliphatic rings. The molecule has 1 heterocycles. The van der Waals surface area contributed by atoms with Crippen LogP contribution in [0.5, 0.6) is 0 Å². The van der Waals surface area contributed by atoms with Crippen molar-refractivity contribution in [2.45, 2.75) is 51.8 Å². The van der Waals surface area contributed by atoms with Crippen molar-refractivity contribution in [1.29, 1.82) is 0 Å². The van der Waals surface area contributed by atoms with Crippen LogP contribution in [0.15, 0.2) is 36.4 Å². The number of carbonyl (C=O) groups is 2. The molecular weight excluding hydrogens is 318 g/mol. The summed E-state index contributed by atoms with van der Waals surface area (Å²) in [5.74, 6) is -1.05. The molecule has 5 nitrogen and oxygen atoms in total. The molecule has 0 aromatic heterocycles. The van der Waals surface area contributed by atoms with E-state index in [0.29, 0.717) is 13.0 Å². The van der Waals surface area contributed by atoms with Gasteiger partial charge >= 0.3 is 11.9 Å². The second-order valence-corrected chi connectivity index (χ2v) is 7.14. The number of nitrogens with one attached hydrogen (secondary N) is 1. The maximum absolute atomic E-state index is 12.6. The van der Waals surface area contributed by atoms with Crippen LogP contribution >= 0.6 is 0 Å². The molecule has 0 radical (unpaired) electrons. The van der Waals surface area contributed by atoms with E-state index < -0.39 is 17.6 Å². The van der Waals surface area contributed by atoms with E-state index in [2.05, 4.69) is 5.32 Å². The molecule has 1 fully saturated rings. The average Bonchev–Trinajstić information content (AvgIpc) is 2.97. The second kappa shape index (κ2) is 8.30. The normalized spacial score (nSPS) is 23.6. The van der Waals surface area contributed by atoms with Crippen LogP contribution in [0.25, 0.3) is 6.08 Å². The molecular formula is C20H27NO4. The monoisotopic (exact) mass is 345 g/mol. The van der Waals surface area contributed by atoms with Gasteiger partial charge < -0.3 is 9.47 Å². The van der Waals surface area contributed by atoms with E-state index in [-0.39, 0.29) is 18.0 Å². The molecule has 136 valence electrons. The van der Waals surface area contributed by atoms with Crippen molar-refractivity contribution in [2.24, 2.45) is 5.92 Å². The molecule has 1 aromatic carbocycles. The summed E-state index contributed by atoms with van der Waals surface area (Å²) in [4.78, 5) is 24.6. The van der Waals surface area contributed by atoms with Gasteiger partial charge in [-0.15, -0.1) is 0 Å². The van der Waals surface area contributed by atoms with Crippen LogP contribution in [-0.2, 0) is 19.1 Å². The summed E-state index contributed by atoms with van der Waals surface area (Å²) in [6, 6.07) is 9.05. The summed E-state index contributed by atoms with van der Waals surface area (Å²) in [6.07, 6.45) is 4.24. The van der Waals surface area contributed by atoms with Crippen LogP contribution in [0.4, 0.5) is 0 Å². The lowest BCUT2D eigenvalue weighted by atomic mass is 9.97. The van der Waals surface area contributed by atoms with Crippen LogP contribution in [0.3, 0.4) is 0 Å². The Morgan fingerprint density at radius 3 is 2.48 bits per heavy atom. The Morgan fingerprint density at radius 2 is 1.88 bits per heavy atom. The van der Waals surface area contributed by atoms with Gasteiger partial charge in [-0.1, -0.05) is 42.5 Å². The van der Waals surface area contributed by atoms with Gasteiger partial charge in [0.25, 0.3) is 0 Å². The molecule has 1 N–H and O–H groups in total. The molecule has 1 saturated heterocycles. The van der Waals surface area contributed by atoms with Crippen molar-refractivity contribution in [3.05, 3.63) is 42.0 Å². The topological polar surface area (TPSA) is 64.6 Å². The molecule has 3 atom stereocenters. The summed E-state index contributed by atoms with van der Waals surface area (Å²) < 4.78 is 10.6. The van der Waals surface area contributed by atoms with E-state index in [4.69, 9.17) is 9.47 Å². The van der Waals surface area contributed by atoms with Gasteiger partial charge in [0, 0.05) is 6.04 Å². The van der Waals surface area contributed by atoms with Gasteiger partial charge in [-0.25, -0.2) is 0 Å². The number of esters is 2. The first-order valence-corrected chi connectivity index (χ1v) is 8.69. The smallest absolute Gasteiger partial charge is 0.323 e. The third-order valence-corrected chi connectivity index (χ3v) is 3.89. The van der Waals surface area contributed by atoms with Gasteiger partial charge in [0.2, 0.25) is 0 Å². The van der Waals surface area contributed by atoms with Gasteiger partial charge in [-0.3, -0.25) is 14.9 Å². The Morgan fingerprint density at radius 1 is 1.20 bits per heavy atom. The summed E-state index contributed by atoms with van der Waals surface area (Å²) in [5.41, 5.74) is 0.471. The minimum atomic E-state index is -0.563. The molecule has 0 spiro atoms. The zero-order valence-corrected chi connectivity index (χ0v) is 15.3. The van der Waals surface area contributed by atoms with E-state index >= 15 is 0 Å². The van der Waals surface area contributed by atoms with Gasteiger partial charge in [-0.05, 0) is 39.7 Å². The zero-order chi connectivity index (χ0) is 18.4. The fraction of sp³-hybridized carbons (Fsp3) is 0.500. The van der Waals surface area contributed by atoms with E-state index in [1.165, 1.54) is 0 Å². The van der Waals surface area contributed by atoms with Gasteiger partial charge in [0.1, 0.15) is 11.6 Å². The largest absolute Gasteiger partial charge is 0.465 e. The van der Waals surface area contributed by atoms with Crippen molar-refractivity contribution < 1.29 is 19.1 Å². The van der Waals surface area contributed by atoms with Gasteiger partial charge in [0.15, 0.2) is 0 Å². The van der Waals surface area contributed by atoms with Crippen LogP contribution < -0.4 is 5.32 Å². The summed E-state index contributed by atoms with van der Waals surface area (Å²) in [5, 5.41) is 3.20. The second-order valence-electron chi connectivity index (χ2n) is 7.14. The lowest BCUT2D eigenvalue weighted by Crippen LogP contribution is -2.38. The maximum atomic E-state index is 12.6. The van der Waals surface area contributed by atoms with Gasteiger partial charge in [0.05, 0.1) is 12.5 Å². The Kier molecular flexibility index (Phi) is 6.37. The highest BCUT2D eigenvalue weighted by Gasteiger charge is 2.42. The minimum Gasteiger partial charge on any atom is -0.465 e. The van der Waals surface area contributed by atoms with Gasteiger partial charge in [-0.2, -0.15) is 0 Å². The zero-order valence-electron chi connectivity index (χ0n) is 15.3. The molecule has 0 aliphatic carbocycles. The maximum Gasteiger partial charge on any atom is 0.323 e. The Labute approximate surface area is 149 Å². The molecule has 0 bridgehead atoms.